The molecule has 4 nitrogen and oxygen atoms in total. The van der Waals surface area contributed by atoms with Crippen molar-refractivity contribution in [3.63, 3.8) is 0 Å². The quantitative estimate of drug-likeness (QED) is 0.811. The summed E-state index contributed by atoms with van der Waals surface area (Å²) in [6.07, 6.45) is 2.23. The number of nitrogens with one attached hydrogen (secondary N) is 1. The second-order valence-corrected chi connectivity index (χ2v) is 3.99. The molecule has 1 aromatic heterocycles. The van der Waals surface area contributed by atoms with Gasteiger partial charge >= 0.3 is 0 Å². The van der Waals surface area contributed by atoms with Crippen molar-refractivity contribution in [2.45, 2.75) is 19.9 Å². The van der Waals surface area contributed by atoms with Crippen LogP contribution in [0.5, 0.6) is 0 Å². The van der Waals surface area contributed by atoms with Crippen LogP contribution in [0, 0.1) is 0 Å². The Labute approximate surface area is 106 Å². The number of amides is 1. The van der Waals surface area contributed by atoms with Gasteiger partial charge in [-0.3, -0.25) is 4.79 Å². The number of hydrogen-bond donors (Lipinski definition) is 2. The van der Waals surface area contributed by atoms with Gasteiger partial charge in [0.25, 0.3) is 5.91 Å². The fourth-order valence-electron chi connectivity index (χ4n) is 1.78. The highest BCUT2D eigenvalue weighted by molar-refractivity contribution is 5.95. The van der Waals surface area contributed by atoms with Crippen LogP contribution in [0.25, 0.3) is 0 Å². The monoisotopic (exact) mass is 244 g/mol. The van der Waals surface area contributed by atoms with Gasteiger partial charge in [0.2, 0.25) is 0 Å². The average Bonchev–Trinajstić information content (AvgIpc) is 2.86. The Balaban J connectivity index is 2.03. The molecular weight excluding hydrogens is 228 g/mol. The number of hydrogen-bond acceptors (Lipinski definition) is 3. The molecular formula is C14H16N2O2. The van der Waals surface area contributed by atoms with E-state index in [1.165, 1.54) is 6.26 Å². The molecule has 0 aliphatic rings. The number of nitrogen functional groups attached to an aromatic ring is 1. The van der Waals surface area contributed by atoms with E-state index in [-0.39, 0.29) is 5.91 Å². The van der Waals surface area contributed by atoms with Crippen LogP contribution < -0.4 is 11.1 Å². The van der Waals surface area contributed by atoms with E-state index in [0.29, 0.717) is 30.0 Å². The minimum atomic E-state index is -0.135. The fourth-order valence-corrected chi connectivity index (χ4v) is 1.78. The maximum Gasteiger partial charge on any atom is 0.255 e. The van der Waals surface area contributed by atoms with Gasteiger partial charge in [0, 0.05) is 18.7 Å². The number of nitrogens with two attached hydrogens (primary N) is 1. The summed E-state index contributed by atoms with van der Waals surface area (Å²) in [5, 5.41) is 2.84. The van der Waals surface area contributed by atoms with Crippen LogP contribution in [-0.2, 0) is 13.0 Å². The summed E-state index contributed by atoms with van der Waals surface area (Å²) in [6, 6.07) is 9.16. The second kappa shape index (κ2) is 5.40. The van der Waals surface area contributed by atoms with Gasteiger partial charge in [0.1, 0.15) is 5.76 Å². The molecule has 0 aliphatic carbocycles. The standard InChI is InChI=1S/C14H16N2O2/c1-2-13-11(7-8-18-13)14(17)16-9-10-5-3-4-6-12(10)15/h3-8H,2,9,15H2,1H3,(H,16,17). The number of para-hydroxylation sites is 1. The minimum absolute atomic E-state index is 0.135. The summed E-state index contributed by atoms with van der Waals surface area (Å²) < 4.78 is 5.23. The zero-order chi connectivity index (χ0) is 13.0. The first-order valence-electron chi connectivity index (χ1n) is 5.90. The number of benzene rings is 1. The average molecular weight is 244 g/mol. The number of carbonyl (C=O) groups is 1. The highest BCUT2D eigenvalue weighted by Crippen LogP contribution is 2.13. The summed E-state index contributed by atoms with van der Waals surface area (Å²) in [5.41, 5.74) is 7.99. The molecule has 0 saturated carbocycles. The van der Waals surface area contributed by atoms with E-state index in [4.69, 9.17) is 10.2 Å². The topological polar surface area (TPSA) is 68.3 Å². The molecule has 4 heteroatoms. The third-order valence-electron chi connectivity index (χ3n) is 2.81. The van der Waals surface area contributed by atoms with Crippen molar-refractivity contribution in [3.8, 4) is 0 Å². The molecule has 0 fully saturated rings. The predicted octanol–water partition coefficient (Wildman–Crippen LogP) is 2.35. The van der Waals surface area contributed by atoms with Gasteiger partial charge in [-0.1, -0.05) is 25.1 Å². The maximum atomic E-state index is 12.0. The van der Waals surface area contributed by atoms with E-state index in [1.54, 1.807) is 6.07 Å². The molecule has 18 heavy (non-hydrogen) atoms. The molecule has 94 valence electrons. The summed E-state index contributed by atoms with van der Waals surface area (Å²) in [6.45, 7) is 2.37. The number of aryl methyl sites for hydroxylation is 1. The second-order valence-electron chi connectivity index (χ2n) is 3.99. The number of carbonyl (C=O) groups excluding carboxylic acids is 1. The zero-order valence-electron chi connectivity index (χ0n) is 10.3. The molecule has 3 N–H and O–H groups in total. The van der Waals surface area contributed by atoms with Crippen molar-refractivity contribution in [2.75, 3.05) is 5.73 Å². The molecule has 0 saturated heterocycles. The Morgan fingerprint density at radius 3 is 2.83 bits per heavy atom. The maximum absolute atomic E-state index is 12.0. The molecule has 0 radical (unpaired) electrons. The summed E-state index contributed by atoms with van der Waals surface area (Å²) in [4.78, 5) is 12.0. The lowest BCUT2D eigenvalue weighted by Crippen LogP contribution is -2.23. The first kappa shape index (κ1) is 12.2. The number of furan rings is 1. The lowest BCUT2D eigenvalue weighted by molar-refractivity contribution is 0.0949. The molecule has 0 unspecified atom stereocenters. The van der Waals surface area contributed by atoms with Crippen LogP contribution in [0.4, 0.5) is 5.69 Å². The van der Waals surface area contributed by atoms with Crippen molar-refractivity contribution in [2.24, 2.45) is 0 Å². The molecule has 0 bridgehead atoms. The Bertz CT molecular complexity index is 546. The van der Waals surface area contributed by atoms with Gasteiger partial charge in [-0.25, -0.2) is 0 Å². The van der Waals surface area contributed by atoms with Gasteiger partial charge < -0.3 is 15.5 Å². The summed E-state index contributed by atoms with van der Waals surface area (Å²) >= 11 is 0. The van der Waals surface area contributed by atoms with Gasteiger partial charge in [-0.15, -0.1) is 0 Å². The molecule has 0 aliphatic heterocycles. The van der Waals surface area contributed by atoms with Crippen molar-refractivity contribution in [1.82, 2.24) is 5.32 Å². The van der Waals surface area contributed by atoms with Gasteiger partial charge in [-0.05, 0) is 17.7 Å². The Kier molecular flexibility index (Phi) is 3.67. The lowest BCUT2D eigenvalue weighted by atomic mass is 10.1. The highest BCUT2D eigenvalue weighted by Gasteiger charge is 2.12. The van der Waals surface area contributed by atoms with E-state index >= 15 is 0 Å². The first-order chi connectivity index (χ1) is 8.72. The van der Waals surface area contributed by atoms with Crippen LogP contribution >= 0.6 is 0 Å². The van der Waals surface area contributed by atoms with Crippen LogP contribution in [0.15, 0.2) is 41.0 Å². The molecule has 0 atom stereocenters. The van der Waals surface area contributed by atoms with Gasteiger partial charge in [0.05, 0.1) is 11.8 Å². The van der Waals surface area contributed by atoms with Crippen molar-refractivity contribution in [1.29, 1.82) is 0 Å². The van der Waals surface area contributed by atoms with Crippen molar-refractivity contribution in [3.05, 3.63) is 53.5 Å². The third kappa shape index (κ3) is 2.53. The van der Waals surface area contributed by atoms with Gasteiger partial charge in [-0.2, -0.15) is 0 Å². The van der Waals surface area contributed by atoms with Crippen molar-refractivity contribution >= 4 is 11.6 Å². The highest BCUT2D eigenvalue weighted by atomic mass is 16.3. The van der Waals surface area contributed by atoms with Gasteiger partial charge in [0.15, 0.2) is 0 Å². The predicted molar refractivity (Wildman–Crippen MR) is 70.1 cm³/mol. The Morgan fingerprint density at radius 1 is 1.33 bits per heavy atom. The zero-order valence-corrected chi connectivity index (χ0v) is 10.3. The van der Waals surface area contributed by atoms with Crippen molar-refractivity contribution < 1.29 is 9.21 Å². The largest absolute Gasteiger partial charge is 0.469 e. The van der Waals surface area contributed by atoms with Crippen LogP contribution in [0.1, 0.15) is 28.6 Å². The van der Waals surface area contributed by atoms with E-state index in [0.717, 1.165) is 5.56 Å². The first-order valence-corrected chi connectivity index (χ1v) is 5.90. The number of anilines is 1. The normalized spacial score (nSPS) is 10.3. The Morgan fingerprint density at radius 2 is 2.11 bits per heavy atom. The molecule has 1 heterocycles. The number of rotatable bonds is 4. The molecule has 2 aromatic rings. The van der Waals surface area contributed by atoms with Crippen LogP contribution in [-0.4, -0.2) is 5.91 Å². The summed E-state index contributed by atoms with van der Waals surface area (Å²) in [5.74, 6) is 0.567. The lowest BCUT2D eigenvalue weighted by Gasteiger charge is -2.07. The third-order valence-corrected chi connectivity index (χ3v) is 2.81. The smallest absolute Gasteiger partial charge is 0.255 e. The fraction of sp³-hybridized carbons (Fsp3) is 0.214. The SMILES string of the molecule is CCc1occc1C(=O)NCc1ccccc1N. The Hall–Kier alpha value is -2.23. The minimum Gasteiger partial charge on any atom is -0.469 e. The molecule has 2 rings (SSSR count). The van der Waals surface area contributed by atoms with E-state index < -0.39 is 0 Å². The molecule has 0 spiro atoms. The van der Waals surface area contributed by atoms with E-state index in [1.807, 2.05) is 31.2 Å². The van der Waals surface area contributed by atoms with Crippen LogP contribution in [0.3, 0.4) is 0 Å². The van der Waals surface area contributed by atoms with E-state index in [9.17, 15) is 4.79 Å². The van der Waals surface area contributed by atoms with E-state index in [2.05, 4.69) is 5.32 Å². The molecule has 1 aromatic carbocycles. The summed E-state index contributed by atoms with van der Waals surface area (Å²) in [7, 11) is 0. The molecule has 1 amide bonds. The van der Waals surface area contributed by atoms with Crippen LogP contribution in [0.2, 0.25) is 0 Å².